The first kappa shape index (κ1) is 15.7. The van der Waals surface area contributed by atoms with E-state index in [0.29, 0.717) is 23.3 Å². The van der Waals surface area contributed by atoms with E-state index in [1.807, 2.05) is 18.2 Å². The molecule has 4 nitrogen and oxygen atoms in total. The molecule has 0 heterocycles. The molecule has 21 heavy (non-hydrogen) atoms. The fourth-order valence-electron chi connectivity index (χ4n) is 2.92. The van der Waals surface area contributed by atoms with Gasteiger partial charge in [0, 0.05) is 6.04 Å². The maximum absolute atomic E-state index is 12.1. The summed E-state index contributed by atoms with van der Waals surface area (Å²) in [5.41, 5.74) is 0. The van der Waals surface area contributed by atoms with Crippen LogP contribution in [0.15, 0.2) is 24.3 Å². The highest BCUT2D eigenvalue weighted by Crippen LogP contribution is 2.29. The molecule has 0 aromatic heterocycles. The van der Waals surface area contributed by atoms with Crippen LogP contribution in [0.4, 0.5) is 0 Å². The number of para-hydroxylation sites is 2. The first-order chi connectivity index (χ1) is 10.1. The highest BCUT2D eigenvalue weighted by molar-refractivity contribution is 5.78. The van der Waals surface area contributed by atoms with Gasteiger partial charge in [-0.1, -0.05) is 38.8 Å². The van der Waals surface area contributed by atoms with E-state index in [4.69, 9.17) is 9.47 Å². The summed E-state index contributed by atoms with van der Waals surface area (Å²) >= 11 is 0. The predicted molar refractivity (Wildman–Crippen MR) is 82.6 cm³/mol. The lowest BCUT2D eigenvalue weighted by molar-refractivity contribution is -0.124. The number of hydrogen-bond acceptors (Lipinski definition) is 3. The predicted octanol–water partition coefficient (Wildman–Crippen LogP) is 3.01. The molecule has 0 spiro atoms. The first-order valence-electron chi connectivity index (χ1n) is 7.67. The van der Waals surface area contributed by atoms with Gasteiger partial charge in [-0.15, -0.1) is 0 Å². The first-order valence-corrected chi connectivity index (χ1v) is 7.67. The van der Waals surface area contributed by atoms with E-state index < -0.39 is 0 Å². The average Bonchev–Trinajstić information content (AvgIpc) is 2.50. The minimum Gasteiger partial charge on any atom is -0.493 e. The SMILES string of the molecule is COc1ccccc1OCC(=O)NC1CCCC(C)C1C. The highest BCUT2D eigenvalue weighted by Gasteiger charge is 2.28. The van der Waals surface area contributed by atoms with Crippen molar-refractivity contribution in [2.24, 2.45) is 11.8 Å². The maximum atomic E-state index is 12.1. The van der Waals surface area contributed by atoms with Crippen LogP contribution in [0, 0.1) is 11.8 Å². The van der Waals surface area contributed by atoms with Crippen molar-refractivity contribution in [1.82, 2.24) is 5.32 Å². The van der Waals surface area contributed by atoms with Crippen LogP contribution < -0.4 is 14.8 Å². The van der Waals surface area contributed by atoms with Crippen LogP contribution in [0.2, 0.25) is 0 Å². The van der Waals surface area contributed by atoms with Gasteiger partial charge in [-0.05, 0) is 30.4 Å². The van der Waals surface area contributed by atoms with Gasteiger partial charge in [-0.2, -0.15) is 0 Å². The summed E-state index contributed by atoms with van der Waals surface area (Å²) in [5, 5.41) is 3.10. The second kappa shape index (κ2) is 7.34. The fraction of sp³-hybridized carbons (Fsp3) is 0.588. The van der Waals surface area contributed by atoms with Gasteiger partial charge in [0.15, 0.2) is 18.1 Å². The van der Waals surface area contributed by atoms with Crippen LogP contribution in [-0.4, -0.2) is 25.7 Å². The third-order valence-electron chi connectivity index (χ3n) is 4.48. The van der Waals surface area contributed by atoms with Crippen molar-refractivity contribution in [3.8, 4) is 11.5 Å². The summed E-state index contributed by atoms with van der Waals surface area (Å²) in [6, 6.07) is 7.62. The second-order valence-corrected chi connectivity index (χ2v) is 5.88. The van der Waals surface area contributed by atoms with Crippen LogP contribution in [-0.2, 0) is 4.79 Å². The van der Waals surface area contributed by atoms with Gasteiger partial charge < -0.3 is 14.8 Å². The number of carbonyl (C=O) groups is 1. The monoisotopic (exact) mass is 291 g/mol. The van der Waals surface area contributed by atoms with Crippen molar-refractivity contribution < 1.29 is 14.3 Å². The summed E-state index contributed by atoms with van der Waals surface area (Å²) in [6.45, 7) is 4.50. The lowest BCUT2D eigenvalue weighted by Gasteiger charge is -2.34. The number of amides is 1. The average molecular weight is 291 g/mol. The molecule has 3 unspecified atom stereocenters. The summed E-state index contributed by atoms with van der Waals surface area (Å²) in [5.74, 6) is 2.37. The number of hydrogen-bond donors (Lipinski definition) is 1. The number of ether oxygens (including phenoxy) is 2. The van der Waals surface area contributed by atoms with E-state index in [0.717, 1.165) is 6.42 Å². The van der Waals surface area contributed by atoms with Gasteiger partial charge in [-0.3, -0.25) is 4.79 Å². The van der Waals surface area contributed by atoms with Gasteiger partial charge >= 0.3 is 0 Å². The molecule has 116 valence electrons. The Morgan fingerprint density at radius 2 is 1.95 bits per heavy atom. The minimum atomic E-state index is -0.0631. The van der Waals surface area contributed by atoms with Crippen molar-refractivity contribution in [3.05, 3.63) is 24.3 Å². The molecule has 3 atom stereocenters. The quantitative estimate of drug-likeness (QED) is 0.907. The summed E-state index contributed by atoms with van der Waals surface area (Å²) in [4.78, 5) is 12.1. The second-order valence-electron chi connectivity index (χ2n) is 5.88. The van der Waals surface area contributed by atoms with Crippen molar-refractivity contribution >= 4 is 5.91 Å². The normalized spacial score (nSPS) is 25.2. The molecule has 1 aromatic carbocycles. The van der Waals surface area contributed by atoms with Crippen molar-refractivity contribution in [1.29, 1.82) is 0 Å². The van der Waals surface area contributed by atoms with Gasteiger partial charge in [-0.25, -0.2) is 0 Å². The number of methoxy groups -OCH3 is 1. The minimum absolute atomic E-state index is 0.0258. The molecular weight excluding hydrogens is 266 g/mol. The Labute approximate surface area is 126 Å². The maximum Gasteiger partial charge on any atom is 0.258 e. The smallest absolute Gasteiger partial charge is 0.258 e. The zero-order chi connectivity index (χ0) is 15.2. The highest BCUT2D eigenvalue weighted by atomic mass is 16.5. The molecule has 1 aliphatic rings. The van der Waals surface area contributed by atoms with Crippen LogP contribution >= 0.6 is 0 Å². The van der Waals surface area contributed by atoms with Crippen LogP contribution in [0.25, 0.3) is 0 Å². The van der Waals surface area contributed by atoms with Crippen LogP contribution in [0.3, 0.4) is 0 Å². The Morgan fingerprint density at radius 3 is 2.67 bits per heavy atom. The van der Waals surface area contributed by atoms with Crippen molar-refractivity contribution in [2.75, 3.05) is 13.7 Å². The third-order valence-corrected chi connectivity index (χ3v) is 4.48. The standard InChI is InChI=1S/C17H25NO3/c1-12-7-6-8-14(13(12)2)18-17(19)11-21-16-10-5-4-9-15(16)20-3/h4-5,9-10,12-14H,6-8,11H2,1-3H3,(H,18,19). The molecule has 0 aliphatic heterocycles. The zero-order valence-electron chi connectivity index (χ0n) is 13.1. The molecule has 1 fully saturated rings. The number of nitrogens with one attached hydrogen (secondary N) is 1. The Hall–Kier alpha value is -1.71. The van der Waals surface area contributed by atoms with E-state index in [2.05, 4.69) is 19.2 Å². The van der Waals surface area contributed by atoms with E-state index in [-0.39, 0.29) is 18.6 Å². The van der Waals surface area contributed by atoms with Gasteiger partial charge in [0.1, 0.15) is 0 Å². The number of rotatable bonds is 5. The lowest BCUT2D eigenvalue weighted by atomic mass is 9.78. The topological polar surface area (TPSA) is 47.6 Å². The molecule has 0 radical (unpaired) electrons. The fourth-order valence-corrected chi connectivity index (χ4v) is 2.92. The third kappa shape index (κ3) is 4.13. The molecule has 1 amide bonds. The van der Waals surface area contributed by atoms with E-state index >= 15 is 0 Å². The van der Waals surface area contributed by atoms with Gasteiger partial charge in [0.05, 0.1) is 7.11 Å². The Bertz CT molecular complexity index is 475. The Morgan fingerprint density at radius 1 is 1.24 bits per heavy atom. The molecule has 0 bridgehead atoms. The molecule has 0 saturated heterocycles. The number of carbonyl (C=O) groups excluding carboxylic acids is 1. The lowest BCUT2D eigenvalue weighted by Crippen LogP contribution is -2.45. The molecule has 1 saturated carbocycles. The molecule has 1 N–H and O–H groups in total. The van der Waals surface area contributed by atoms with Crippen molar-refractivity contribution in [3.63, 3.8) is 0 Å². The molecular formula is C17H25NO3. The van der Waals surface area contributed by atoms with Crippen LogP contribution in [0.1, 0.15) is 33.1 Å². The van der Waals surface area contributed by atoms with Crippen LogP contribution in [0.5, 0.6) is 11.5 Å². The Kier molecular flexibility index (Phi) is 5.48. The zero-order valence-corrected chi connectivity index (χ0v) is 13.1. The van der Waals surface area contributed by atoms with Gasteiger partial charge in [0.25, 0.3) is 5.91 Å². The van der Waals surface area contributed by atoms with E-state index in [9.17, 15) is 4.79 Å². The molecule has 1 aliphatic carbocycles. The summed E-state index contributed by atoms with van der Waals surface area (Å²) < 4.78 is 10.8. The largest absolute Gasteiger partial charge is 0.493 e. The summed E-state index contributed by atoms with van der Waals surface area (Å²) in [7, 11) is 1.59. The number of benzene rings is 1. The Balaban J connectivity index is 1.84. The molecule has 2 rings (SSSR count). The van der Waals surface area contributed by atoms with Gasteiger partial charge in [0.2, 0.25) is 0 Å². The van der Waals surface area contributed by atoms with E-state index in [1.165, 1.54) is 12.8 Å². The molecule has 4 heteroatoms. The summed E-state index contributed by atoms with van der Waals surface area (Å²) in [6.07, 6.45) is 3.50. The van der Waals surface area contributed by atoms with Crippen molar-refractivity contribution in [2.45, 2.75) is 39.2 Å². The van der Waals surface area contributed by atoms with E-state index in [1.54, 1.807) is 13.2 Å². The molecule has 1 aromatic rings.